The molecule has 3 aromatic carbocycles. The van der Waals surface area contributed by atoms with E-state index in [1.54, 1.807) is 14.2 Å². The van der Waals surface area contributed by atoms with Gasteiger partial charge in [0.2, 0.25) is 0 Å². The number of halogens is 2. The minimum Gasteiger partial charge on any atom is -0.492 e. The molecule has 0 saturated carbocycles. The first-order chi connectivity index (χ1) is 12.1. The van der Waals surface area contributed by atoms with Crippen molar-refractivity contribution in [2.24, 2.45) is 0 Å². The minimum absolute atomic E-state index is 0.0507. The highest BCUT2D eigenvalue weighted by atomic mass is 79.9. The summed E-state index contributed by atoms with van der Waals surface area (Å²) in [6.45, 7) is 0. The third-order valence-corrected chi connectivity index (χ3v) is 5.40. The zero-order valence-electron chi connectivity index (χ0n) is 13.8. The summed E-state index contributed by atoms with van der Waals surface area (Å²) in [5, 5.41) is 1.85. The lowest BCUT2D eigenvalue weighted by atomic mass is 9.96. The maximum absolute atomic E-state index is 12.7. The van der Waals surface area contributed by atoms with E-state index in [0.717, 1.165) is 25.3 Å². The highest BCUT2D eigenvalue weighted by Crippen LogP contribution is 2.45. The average Bonchev–Trinajstić information content (AvgIpc) is 2.64. The molecule has 0 amide bonds. The van der Waals surface area contributed by atoms with Crippen molar-refractivity contribution in [1.29, 1.82) is 0 Å². The van der Waals surface area contributed by atoms with Crippen molar-refractivity contribution in [3.63, 3.8) is 0 Å². The van der Waals surface area contributed by atoms with Gasteiger partial charge in [0.05, 0.1) is 18.7 Å². The standard InChI is InChI=1S/C20H16Br2O3/c1-24-19-14-9-8-13(21)10-15(14)16(18(22)20(19)25-2)11-17(23)12-6-4-3-5-7-12/h3-10H,11H2,1-2H3. The molecular formula is C20H16Br2O3. The molecule has 0 N–H and O–H groups in total. The third-order valence-electron chi connectivity index (χ3n) is 4.06. The Kier molecular flexibility index (Phi) is 5.45. The Balaban J connectivity index is 2.21. The van der Waals surface area contributed by atoms with Crippen LogP contribution in [0.15, 0.2) is 57.5 Å². The van der Waals surface area contributed by atoms with E-state index in [1.165, 1.54) is 0 Å². The predicted molar refractivity (Wildman–Crippen MR) is 107 cm³/mol. The topological polar surface area (TPSA) is 35.5 Å². The second-order valence-electron chi connectivity index (χ2n) is 5.51. The van der Waals surface area contributed by atoms with Gasteiger partial charge >= 0.3 is 0 Å². The molecule has 0 bridgehead atoms. The molecule has 0 atom stereocenters. The van der Waals surface area contributed by atoms with Crippen LogP contribution in [0.4, 0.5) is 0 Å². The zero-order chi connectivity index (χ0) is 18.0. The lowest BCUT2D eigenvalue weighted by Crippen LogP contribution is -2.06. The fourth-order valence-electron chi connectivity index (χ4n) is 2.89. The number of rotatable bonds is 5. The number of Topliss-reactive ketones (excluding diaryl/α,β-unsaturated/α-hetero) is 1. The van der Waals surface area contributed by atoms with Gasteiger partial charge in [0.1, 0.15) is 0 Å². The number of ether oxygens (including phenoxy) is 2. The van der Waals surface area contributed by atoms with Crippen LogP contribution in [0.5, 0.6) is 11.5 Å². The van der Waals surface area contributed by atoms with Gasteiger partial charge < -0.3 is 9.47 Å². The van der Waals surface area contributed by atoms with Crippen LogP contribution in [-0.4, -0.2) is 20.0 Å². The minimum atomic E-state index is 0.0507. The number of benzene rings is 3. The summed E-state index contributed by atoms with van der Waals surface area (Å²) in [4.78, 5) is 12.7. The molecule has 0 radical (unpaired) electrons. The molecule has 5 heteroatoms. The van der Waals surface area contributed by atoms with Crippen LogP contribution in [0.3, 0.4) is 0 Å². The van der Waals surface area contributed by atoms with Gasteiger partial charge in [-0.05, 0) is 45.1 Å². The first-order valence-electron chi connectivity index (χ1n) is 7.66. The molecule has 0 aromatic heterocycles. The molecule has 0 saturated heterocycles. The van der Waals surface area contributed by atoms with Crippen LogP contribution >= 0.6 is 31.9 Å². The SMILES string of the molecule is COc1c(Br)c(CC(=O)c2ccccc2)c2cc(Br)ccc2c1OC. The molecule has 3 aromatic rings. The highest BCUT2D eigenvalue weighted by Gasteiger charge is 2.21. The van der Waals surface area contributed by atoms with E-state index in [2.05, 4.69) is 31.9 Å². The Morgan fingerprint density at radius 2 is 1.60 bits per heavy atom. The summed E-state index contributed by atoms with van der Waals surface area (Å²) in [5.74, 6) is 1.29. The van der Waals surface area contributed by atoms with Gasteiger partial charge in [0.25, 0.3) is 0 Å². The largest absolute Gasteiger partial charge is 0.492 e. The van der Waals surface area contributed by atoms with Gasteiger partial charge in [-0.15, -0.1) is 0 Å². The van der Waals surface area contributed by atoms with Crippen LogP contribution in [-0.2, 0) is 6.42 Å². The van der Waals surface area contributed by atoms with Gasteiger partial charge in [0, 0.05) is 21.8 Å². The number of carbonyl (C=O) groups is 1. The smallest absolute Gasteiger partial charge is 0.175 e. The van der Waals surface area contributed by atoms with Gasteiger partial charge in [-0.25, -0.2) is 0 Å². The van der Waals surface area contributed by atoms with Gasteiger partial charge in [0.15, 0.2) is 17.3 Å². The molecule has 0 aliphatic carbocycles. The van der Waals surface area contributed by atoms with E-state index in [-0.39, 0.29) is 12.2 Å². The molecule has 0 fully saturated rings. The summed E-state index contributed by atoms with van der Waals surface area (Å²) in [6.07, 6.45) is 0.262. The Morgan fingerprint density at radius 3 is 2.24 bits per heavy atom. The van der Waals surface area contributed by atoms with Crippen LogP contribution < -0.4 is 9.47 Å². The van der Waals surface area contributed by atoms with Crippen molar-refractivity contribution < 1.29 is 14.3 Å². The Bertz CT molecular complexity index is 937. The number of methoxy groups -OCH3 is 2. The third kappa shape index (κ3) is 3.44. The summed E-state index contributed by atoms with van der Waals surface area (Å²) in [7, 11) is 3.21. The second kappa shape index (κ2) is 7.58. The molecule has 25 heavy (non-hydrogen) atoms. The van der Waals surface area contributed by atoms with E-state index in [9.17, 15) is 4.79 Å². The number of carbonyl (C=O) groups excluding carboxylic acids is 1. The van der Waals surface area contributed by atoms with Crippen LogP contribution in [0.2, 0.25) is 0 Å². The van der Waals surface area contributed by atoms with E-state index in [1.807, 2.05) is 48.5 Å². The number of ketones is 1. The van der Waals surface area contributed by atoms with E-state index in [4.69, 9.17) is 9.47 Å². The van der Waals surface area contributed by atoms with E-state index in [0.29, 0.717) is 17.1 Å². The summed E-state index contributed by atoms with van der Waals surface area (Å²) >= 11 is 7.12. The maximum atomic E-state index is 12.7. The Morgan fingerprint density at radius 1 is 0.920 bits per heavy atom. The molecule has 0 unspecified atom stereocenters. The van der Waals surface area contributed by atoms with Crippen LogP contribution in [0.1, 0.15) is 15.9 Å². The summed E-state index contributed by atoms with van der Waals surface area (Å²) in [5.41, 5.74) is 1.56. The summed E-state index contributed by atoms with van der Waals surface area (Å²) in [6, 6.07) is 15.2. The normalized spacial score (nSPS) is 10.7. The van der Waals surface area contributed by atoms with Gasteiger partial charge in [-0.2, -0.15) is 0 Å². The first-order valence-corrected chi connectivity index (χ1v) is 9.25. The average molecular weight is 464 g/mol. The fraction of sp³-hybridized carbons (Fsp3) is 0.150. The highest BCUT2D eigenvalue weighted by molar-refractivity contribution is 9.11. The Hall–Kier alpha value is -1.85. The second-order valence-corrected chi connectivity index (χ2v) is 7.22. The van der Waals surface area contributed by atoms with E-state index < -0.39 is 0 Å². The van der Waals surface area contributed by atoms with Crippen molar-refractivity contribution in [1.82, 2.24) is 0 Å². The molecule has 0 spiro atoms. The molecular weight excluding hydrogens is 448 g/mol. The van der Waals surface area contributed by atoms with Crippen molar-refractivity contribution in [3.8, 4) is 11.5 Å². The first kappa shape index (κ1) is 18.0. The van der Waals surface area contributed by atoms with Crippen LogP contribution in [0, 0.1) is 0 Å². The molecule has 0 aliphatic heterocycles. The maximum Gasteiger partial charge on any atom is 0.175 e. The summed E-state index contributed by atoms with van der Waals surface area (Å²) < 4.78 is 12.8. The number of fused-ring (bicyclic) bond motifs is 1. The molecule has 128 valence electrons. The van der Waals surface area contributed by atoms with Crippen molar-refractivity contribution >= 4 is 48.4 Å². The van der Waals surface area contributed by atoms with Gasteiger partial charge in [-0.3, -0.25) is 4.79 Å². The van der Waals surface area contributed by atoms with E-state index >= 15 is 0 Å². The van der Waals surface area contributed by atoms with Crippen LogP contribution in [0.25, 0.3) is 10.8 Å². The number of hydrogen-bond donors (Lipinski definition) is 0. The lowest BCUT2D eigenvalue weighted by molar-refractivity contribution is 0.0993. The molecule has 0 heterocycles. The number of hydrogen-bond acceptors (Lipinski definition) is 3. The Labute approximate surface area is 163 Å². The predicted octanol–water partition coefficient (Wildman–Crippen LogP) is 5.81. The lowest BCUT2D eigenvalue weighted by Gasteiger charge is -2.17. The quantitative estimate of drug-likeness (QED) is 0.448. The molecule has 3 nitrogen and oxygen atoms in total. The molecule has 3 rings (SSSR count). The van der Waals surface area contributed by atoms with Crippen molar-refractivity contribution in [3.05, 3.63) is 68.6 Å². The fourth-order valence-corrected chi connectivity index (χ4v) is 3.94. The molecule has 0 aliphatic rings. The van der Waals surface area contributed by atoms with Gasteiger partial charge in [-0.1, -0.05) is 46.3 Å². The monoisotopic (exact) mass is 462 g/mol. The van der Waals surface area contributed by atoms with Crippen molar-refractivity contribution in [2.45, 2.75) is 6.42 Å². The van der Waals surface area contributed by atoms with Crippen molar-refractivity contribution in [2.75, 3.05) is 14.2 Å². The zero-order valence-corrected chi connectivity index (χ0v) is 17.0.